The molecule has 34 heavy (non-hydrogen) atoms. The number of hydrogen-bond acceptors (Lipinski definition) is 8. The number of hydrogen-bond donors (Lipinski definition) is 3. The first kappa shape index (κ1) is 23.2. The zero-order valence-corrected chi connectivity index (χ0v) is 20.7. The minimum atomic E-state index is -0.105. The van der Waals surface area contributed by atoms with Crippen molar-refractivity contribution in [1.29, 1.82) is 0 Å². The lowest BCUT2D eigenvalue weighted by molar-refractivity contribution is -0.119. The third-order valence-electron chi connectivity index (χ3n) is 5.24. The summed E-state index contributed by atoms with van der Waals surface area (Å²) in [6, 6.07) is 13.4. The topological polar surface area (TPSA) is 109 Å². The van der Waals surface area contributed by atoms with Crippen molar-refractivity contribution in [1.82, 2.24) is 20.3 Å². The summed E-state index contributed by atoms with van der Waals surface area (Å²) < 4.78 is 7.32. The van der Waals surface area contributed by atoms with Crippen LogP contribution in [0.15, 0.2) is 52.0 Å². The van der Waals surface area contributed by atoms with Gasteiger partial charge in [0.05, 0.1) is 38.9 Å². The average Bonchev–Trinajstić information content (AvgIpc) is 3.59. The first-order chi connectivity index (χ1) is 16.6. The Kier molecular flexibility index (Phi) is 7.33. The van der Waals surface area contributed by atoms with Gasteiger partial charge in [0, 0.05) is 18.8 Å². The van der Waals surface area contributed by atoms with Crippen LogP contribution in [0.25, 0.3) is 21.3 Å². The molecule has 8 nitrogen and oxygen atoms in total. The SMILES string of the molecule is O=C(CSc1nc2ccc(NC(=O)CSc3nc4ccccc4[nH]3)cc2s1)NC[C@@H]1CCCO1. The molecule has 0 aliphatic carbocycles. The zero-order chi connectivity index (χ0) is 23.3. The Morgan fingerprint density at radius 1 is 1.09 bits per heavy atom. The van der Waals surface area contributed by atoms with Gasteiger partial charge in [0.15, 0.2) is 9.50 Å². The van der Waals surface area contributed by atoms with E-state index >= 15 is 0 Å². The number of rotatable bonds is 9. The van der Waals surface area contributed by atoms with E-state index < -0.39 is 0 Å². The first-order valence-corrected chi connectivity index (χ1v) is 13.7. The molecule has 2 aromatic carbocycles. The molecule has 176 valence electrons. The molecular weight excluding hydrogens is 490 g/mol. The number of nitrogens with one attached hydrogen (secondary N) is 3. The average molecular weight is 514 g/mol. The molecule has 2 aromatic heterocycles. The fourth-order valence-electron chi connectivity index (χ4n) is 3.58. The van der Waals surface area contributed by atoms with Crippen molar-refractivity contribution in [2.75, 3.05) is 30.0 Å². The molecule has 3 N–H and O–H groups in total. The second-order valence-corrected chi connectivity index (χ2v) is 11.0. The van der Waals surface area contributed by atoms with E-state index in [2.05, 4.69) is 25.6 Å². The number of carbonyl (C=O) groups is 2. The first-order valence-electron chi connectivity index (χ1n) is 10.9. The smallest absolute Gasteiger partial charge is 0.234 e. The number of aromatic amines is 1. The summed E-state index contributed by atoms with van der Waals surface area (Å²) >= 11 is 4.29. The fraction of sp³-hybridized carbons (Fsp3) is 0.304. The van der Waals surface area contributed by atoms with Crippen LogP contribution in [0.2, 0.25) is 0 Å². The van der Waals surface area contributed by atoms with E-state index in [9.17, 15) is 9.59 Å². The molecule has 1 saturated heterocycles. The van der Waals surface area contributed by atoms with Crippen molar-refractivity contribution in [3.05, 3.63) is 42.5 Å². The molecule has 1 fully saturated rings. The minimum absolute atomic E-state index is 0.0188. The molecule has 0 radical (unpaired) electrons. The van der Waals surface area contributed by atoms with Gasteiger partial charge in [0.2, 0.25) is 11.8 Å². The standard InChI is InChI=1S/C23H23N5O3S3/c29-20(24-11-15-4-3-9-31-15)12-33-23-28-18-8-7-14(10-19(18)34-23)25-21(30)13-32-22-26-16-5-1-2-6-17(16)27-22/h1-2,5-8,10,15H,3-4,9,11-13H2,(H,24,29)(H,25,30)(H,26,27)/t15-/m0/s1. The van der Waals surface area contributed by atoms with E-state index in [1.807, 2.05) is 42.5 Å². The van der Waals surface area contributed by atoms with Crippen molar-refractivity contribution in [3.63, 3.8) is 0 Å². The third kappa shape index (κ3) is 5.90. The summed E-state index contributed by atoms with van der Waals surface area (Å²) in [6.45, 7) is 1.35. The van der Waals surface area contributed by atoms with Crippen molar-refractivity contribution >= 4 is 73.6 Å². The summed E-state index contributed by atoms with van der Waals surface area (Å²) in [6.07, 6.45) is 2.20. The van der Waals surface area contributed by atoms with Crippen molar-refractivity contribution in [3.8, 4) is 0 Å². The number of imidazole rings is 1. The van der Waals surface area contributed by atoms with Gasteiger partial charge in [-0.25, -0.2) is 9.97 Å². The molecule has 1 atom stereocenters. The van der Waals surface area contributed by atoms with E-state index in [1.165, 1.54) is 34.9 Å². The number of benzene rings is 2. The van der Waals surface area contributed by atoms with Crippen molar-refractivity contribution in [2.24, 2.45) is 0 Å². The molecule has 0 unspecified atom stereocenters. The molecule has 0 spiro atoms. The Balaban J connectivity index is 1.11. The number of aromatic nitrogens is 3. The van der Waals surface area contributed by atoms with Crippen LogP contribution >= 0.6 is 34.9 Å². The number of thioether (sulfide) groups is 2. The molecular formula is C23H23N5O3S3. The van der Waals surface area contributed by atoms with Gasteiger partial charge in [-0.3, -0.25) is 9.59 Å². The Morgan fingerprint density at radius 2 is 1.97 bits per heavy atom. The number of amides is 2. The van der Waals surface area contributed by atoms with Gasteiger partial charge in [-0.1, -0.05) is 35.7 Å². The van der Waals surface area contributed by atoms with E-state index in [0.717, 1.165) is 55.9 Å². The fourth-order valence-corrected chi connectivity index (χ4v) is 6.21. The largest absolute Gasteiger partial charge is 0.376 e. The number of ether oxygens (including phenoxy) is 1. The predicted molar refractivity (Wildman–Crippen MR) is 138 cm³/mol. The van der Waals surface area contributed by atoms with E-state index in [4.69, 9.17) is 4.74 Å². The number of para-hydroxylation sites is 2. The normalized spacial score (nSPS) is 15.7. The molecule has 2 amide bonds. The van der Waals surface area contributed by atoms with Gasteiger partial charge in [0.25, 0.3) is 0 Å². The van der Waals surface area contributed by atoms with Gasteiger partial charge in [-0.05, 0) is 43.2 Å². The van der Waals surface area contributed by atoms with Crippen LogP contribution in [0.4, 0.5) is 5.69 Å². The van der Waals surface area contributed by atoms with Crippen molar-refractivity contribution in [2.45, 2.75) is 28.4 Å². The van der Waals surface area contributed by atoms with E-state index in [0.29, 0.717) is 12.3 Å². The van der Waals surface area contributed by atoms with Gasteiger partial charge in [0.1, 0.15) is 0 Å². The number of H-pyrrole nitrogens is 1. The highest BCUT2D eigenvalue weighted by Gasteiger charge is 2.16. The van der Waals surface area contributed by atoms with E-state index in [-0.39, 0.29) is 23.7 Å². The number of nitrogens with zero attached hydrogens (tertiary/aromatic N) is 2. The maximum absolute atomic E-state index is 12.4. The number of fused-ring (bicyclic) bond motifs is 2. The number of carbonyl (C=O) groups excluding carboxylic acids is 2. The second-order valence-electron chi connectivity index (χ2n) is 7.79. The Bertz CT molecular complexity index is 1280. The molecule has 5 rings (SSSR count). The van der Waals surface area contributed by atoms with Crippen LogP contribution in [0.1, 0.15) is 12.8 Å². The Hall–Kier alpha value is -2.60. The predicted octanol–water partition coefficient (Wildman–Crippen LogP) is 4.29. The lowest BCUT2D eigenvalue weighted by Crippen LogP contribution is -2.32. The van der Waals surface area contributed by atoms with Crippen LogP contribution in [-0.4, -0.2) is 57.5 Å². The number of thiazole rings is 1. The molecule has 4 aromatic rings. The molecule has 3 heterocycles. The summed E-state index contributed by atoms with van der Waals surface area (Å²) in [5.74, 6) is 0.444. The summed E-state index contributed by atoms with van der Waals surface area (Å²) in [4.78, 5) is 36.8. The second kappa shape index (κ2) is 10.8. The van der Waals surface area contributed by atoms with E-state index in [1.54, 1.807) is 0 Å². The quantitative estimate of drug-likeness (QED) is 0.287. The van der Waals surface area contributed by atoms with Gasteiger partial charge in [-0.15, -0.1) is 11.3 Å². The minimum Gasteiger partial charge on any atom is -0.376 e. The van der Waals surface area contributed by atoms with Crippen LogP contribution in [-0.2, 0) is 14.3 Å². The van der Waals surface area contributed by atoms with Crippen LogP contribution < -0.4 is 10.6 Å². The lowest BCUT2D eigenvalue weighted by Gasteiger charge is -2.09. The Morgan fingerprint density at radius 3 is 2.82 bits per heavy atom. The summed E-state index contributed by atoms with van der Waals surface area (Å²) in [5.41, 5.74) is 3.41. The Labute approximate surface area is 208 Å². The summed E-state index contributed by atoms with van der Waals surface area (Å²) in [7, 11) is 0. The van der Waals surface area contributed by atoms with Gasteiger partial charge < -0.3 is 20.4 Å². The van der Waals surface area contributed by atoms with Gasteiger partial charge >= 0.3 is 0 Å². The van der Waals surface area contributed by atoms with Crippen LogP contribution in [0, 0.1) is 0 Å². The van der Waals surface area contributed by atoms with Gasteiger partial charge in [-0.2, -0.15) is 0 Å². The molecule has 1 aliphatic heterocycles. The molecule has 11 heteroatoms. The highest BCUT2D eigenvalue weighted by Crippen LogP contribution is 2.31. The molecule has 0 saturated carbocycles. The lowest BCUT2D eigenvalue weighted by atomic mass is 10.2. The highest BCUT2D eigenvalue weighted by molar-refractivity contribution is 8.01. The van der Waals surface area contributed by atoms with Crippen LogP contribution in [0.3, 0.4) is 0 Å². The number of anilines is 1. The van der Waals surface area contributed by atoms with Crippen LogP contribution in [0.5, 0.6) is 0 Å². The third-order valence-corrected chi connectivity index (χ3v) is 8.27. The maximum atomic E-state index is 12.4. The maximum Gasteiger partial charge on any atom is 0.234 e. The van der Waals surface area contributed by atoms with Crippen molar-refractivity contribution < 1.29 is 14.3 Å². The monoisotopic (exact) mass is 513 g/mol. The summed E-state index contributed by atoms with van der Waals surface area (Å²) in [5, 5.41) is 6.58. The highest BCUT2D eigenvalue weighted by atomic mass is 32.2. The zero-order valence-electron chi connectivity index (χ0n) is 18.2. The molecule has 0 bridgehead atoms. The molecule has 1 aliphatic rings.